The van der Waals surface area contributed by atoms with Crippen LogP contribution in [0.5, 0.6) is 0 Å². The first-order valence-corrected chi connectivity index (χ1v) is 8.89. The summed E-state index contributed by atoms with van der Waals surface area (Å²) < 4.78 is 10.0. The normalized spacial score (nSPS) is 10.7. The van der Waals surface area contributed by atoms with Crippen molar-refractivity contribution in [2.75, 3.05) is 12.4 Å². The highest BCUT2D eigenvalue weighted by molar-refractivity contribution is 6.13. The van der Waals surface area contributed by atoms with Crippen LogP contribution in [0.3, 0.4) is 0 Å². The monoisotopic (exact) mass is 387 g/mol. The topological polar surface area (TPSA) is 94.3 Å². The van der Waals surface area contributed by atoms with Crippen LogP contribution >= 0.6 is 0 Å². The Kier molecular flexibility index (Phi) is 4.78. The third-order valence-electron chi connectivity index (χ3n) is 4.47. The minimum atomic E-state index is -0.478. The zero-order valence-corrected chi connectivity index (χ0v) is 15.8. The lowest BCUT2D eigenvalue weighted by Gasteiger charge is -2.09. The quantitative estimate of drug-likeness (QED) is 0.527. The number of rotatable bonds is 4. The van der Waals surface area contributed by atoms with Gasteiger partial charge in [-0.3, -0.25) is 4.79 Å². The summed E-state index contributed by atoms with van der Waals surface area (Å²) in [6.07, 6.45) is 0. The van der Waals surface area contributed by atoms with Crippen LogP contribution < -0.4 is 5.32 Å². The van der Waals surface area contributed by atoms with E-state index in [9.17, 15) is 9.59 Å². The Bertz CT molecular complexity index is 1220. The van der Waals surface area contributed by atoms with Gasteiger partial charge in [0.2, 0.25) is 0 Å². The van der Waals surface area contributed by atoms with E-state index in [0.29, 0.717) is 33.6 Å². The van der Waals surface area contributed by atoms with Crippen molar-refractivity contribution in [1.29, 1.82) is 0 Å². The first kappa shape index (κ1) is 18.4. The number of hydrogen-bond donors (Lipinski definition) is 1. The van der Waals surface area contributed by atoms with Crippen molar-refractivity contribution in [1.82, 2.24) is 10.1 Å². The zero-order valence-electron chi connectivity index (χ0n) is 15.8. The highest BCUT2D eigenvalue weighted by atomic mass is 16.5. The highest BCUT2D eigenvalue weighted by Gasteiger charge is 2.20. The molecule has 7 heteroatoms. The molecule has 0 saturated heterocycles. The van der Waals surface area contributed by atoms with Crippen LogP contribution in [0, 0.1) is 6.92 Å². The number of fused-ring (bicyclic) bond motifs is 1. The van der Waals surface area contributed by atoms with E-state index < -0.39 is 5.97 Å². The minimum Gasteiger partial charge on any atom is -0.465 e. The van der Waals surface area contributed by atoms with Crippen LogP contribution in [0.1, 0.15) is 26.4 Å². The number of aryl methyl sites for hydroxylation is 1. The molecule has 144 valence electrons. The number of carbonyl (C=O) groups is 2. The number of carbonyl (C=O) groups excluding carboxylic acids is 2. The molecule has 0 unspecified atom stereocenters. The number of benzene rings is 2. The summed E-state index contributed by atoms with van der Waals surface area (Å²) in [6, 6.07) is 17.7. The van der Waals surface area contributed by atoms with Gasteiger partial charge in [-0.05, 0) is 31.2 Å². The molecule has 0 aliphatic rings. The Balaban J connectivity index is 1.76. The molecule has 2 heterocycles. The van der Waals surface area contributed by atoms with Crippen molar-refractivity contribution in [3.63, 3.8) is 0 Å². The Labute approximate surface area is 166 Å². The average molecular weight is 387 g/mol. The van der Waals surface area contributed by atoms with Crippen molar-refractivity contribution < 1.29 is 18.8 Å². The van der Waals surface area contributed by atoms with Gasteiger partial charge in [0, 0.05) is 11.3 Å². The number of esters is 1. The lowest BCUT2D eigenvalue weighted by molar-refractivity contribution is 0.0600. The van der Waals surface area contributed by atoms with Gasteiger partial charge < -0.3 is 14.6 Å². The van der Waals surface area contributed by atoms with Crippen LogP contribution in [0.25, 0.3) is 22.4 Å². The molecule has 0 aliphatic heterocycles. The number of anilines is 1. The molecule has 4 rings (SSSR count). The van der Waals surface area contributed by atoms with Gasteiger partial charge in [0.1, 0.15) is 0 Å². The zero-order chi connectivity index (χ0) is 20.4. The number of hydrogen-bond acceptors (Lipinski definition) is 6. The molecule has 7 nitrogen and oxygen atoms in total. The number of pyridine rings is 1. The number of methoxy groups -OCH3 is 1. The molecule has 2 aromatic heterocycles. The fourth-order valence-corrected chi connectivity index (χ4v) is 3.07. The van der Waals surface area contributed by atoms with Crippen molar-refractivity contribution in [3.05, 3.63) is 77.5 Å². The molecule has 2 aromatic carbocycles. The largest absolute Gasteiger partial charge is 0.465 e. The summed E-state index contributed by atoms with van der Waals surface area (Å²) >= 11 is 0. The maximum atomic E-state index is 13.1. The summed E-state index contributed by atoms with van der Waals surface area (Å²) in [5.74, 6) is -0.837. The fraction of sp³-hybridized carbons (Fsp3) is 0.0909. The van der Waals surface area contributed by atoms with Crippen LogP contribution in [0.15, 0.2) is 65.2 Å². The predicted octanol–water partition coefficient (Wildman–Crippen LogP) is 4.24. The first-order valence-electron chi connectivity index (χ1n) is 8.89. The van der Waals surface area contributed by atoms with Gasteiger partial charge in [0.15, 0.2) is 0 Å². The van der Waals surface area contributed by atoms with E-state index >= 15 is 0 Å². The van der Waals surface area contributed by atoms with E-state index in [0.717, 1.165) is 5.56 Å². The SMILES string of the molecule is COC(=O)c1cccc(NC(=O)c2cc(-c3ccccc3)nc3onc(C)c23)c1. The summed E-state index contributed by atoms with van der Waals surface area (Å²) in [5.41, 5.74) is 3.51. The van der Waals surface area contributed by atoms with Crippen molar-refractivity contribution in [3.8, 4) is 11.3 Å². The van der Waals surface area contributed by atoms with Crippen molar-refractivity contribution in [2.24, 2.45) is 0 Å². The van der Waals surface area contributed by atoms with Crippen LogP contribution in [0.2, 0.25) is 0 Å². The summed E-state index contributed by atoms with van der Waals surface area (Å²) in [4.78, 5) is 29.3. The van der Waals surface area contributed by atoms with Crippen molar-refractivity contribution in [2.45, 2.75) is 6.92 Å². The predicted molar refractivity (Wildman–Crippen MR) is 108 cm³/mol. The average Bonchev–Trinajstić information content (AvgIpc) is 3.14. The molecule has 1 N–H and O–H groups in total. The van der Waals surface area contributed by atoms with E-state index in [1.165, 1.54) is 7.11 Å². The van der Waals surface area contributed by atoms with Crippen LogP contribution in [-0.2, 0) is 4.74 Å². The Morgan fingerprint density at radius 3 is 2.59 bits per heavy atom. The Morgan fingerprint density at radius 2 is 1.83 bits per heavy atom. The third-order valence-corrected chi connectivity index (χ3v) is 4.47. The second-order valence-corrected chi connectivity index (χ2v) is 6.40. The standard InChI is InChI=1S/C22H17N3O4/c1-13-19-17(20(26)23-16-10-6-9-15(11-16)22(27)28-2)12-18(24-21(19)29-25-13)14-7-4-3-5-8-14/h3-12H,1-2H3,(H,23,26). The Hall–Kier alpha value is -4.00. The second-order valence-electron chi connectivity index (χ2n) is 6.40. The van der Waals surface area contributed by atoms with Gasteiger partial charge in [-0.1, -0.05) is 41.6 Å². The molecular formula is C22H17N3O4. The molecule has 4 aromatic rings. The maximum absolute atomic E-state index is 13.1. The smallest absolute Gasteiger partial charge is 0.337 e. The number of aromatic nitrogens is 2. The molecule has 0 bridgehead atoms. The number of nitrogens with zero attached hydrogens (tertiary/aromatic N) is 2. The van der Waals surface area contributed by atoms with E-state index in [1.807, 2.05) is 30.3 Å². The highest BCUT2D eigenvalue weighted by Crippen LogP contribution is 2.27. The van der Waals surface area contributed by atoms with Crippen molar-refractivity contribution >= 4 is 28.7 Å². The fourth-order valence-electron chi connectivity index (χ4n) is 3.07. The number of ether oxygens (including phenoxy) is 1. The summed E-state index contributed by atoms with van der Waals surface area (Å²) in [7, 11) is 1.31. The molecule has 0 saturated carbocycles. The molecule has 0 atom stereocenters. The van der Waals surface area contributed by atoms with Gasteiger partial charge in [-0.15, -0.1) is 0 Å². The maximum Gasteiger partial charge on any atom is 0.337 e. The lowest BCUT2D eigenvalue weighted by Crippen LogP contribution is -2.14. The van der Waals surface area contributed by atoms with Gasteiger partial charge in [0.05, 0.1) is 35.0 Å². The van der Waals surface area contributed by atoms with Gasteiger partial charge in [0.25, 0.3) is 11.6 Å². The van der Waals surface area contributed by atoms with Gasteiger partial charge in [-0.2, -0.15) is 0 Å². The number of amides is 1. The van der Waals surface area contributed by atoms with E-state index in [4.69, 9.17) is 9.26 Å². The number of nitrogens with one attached hydrogen (secondary N) is 1. The third kappa shape index (κ3) is 3.58. The summed E-state index contributed by atoms with van der Waals surface area (Å²) in [6.45, 7) is 1.75. The second kappa shape index (κ2) is 7.55. The molecule has 0 fully saturated rings. The molecule has 29 heavy (non-hydrogen) atoms. The molecular weight excluding hydrogens is 370 g/mol. The van der Waals surface area contributed by atoms with Gasteiger partial charge >= 0.3 is 5.97 Å². The molecule has 0 aliphatic carbocycles. The van der Waals surface area contributed by atoms with Crippen LogP contribution in [0.4, 0.5) is 5.69 Å². The van der Waals surface area contributed by atoms with E-state index in [2.05, 4.69) is 15.5 Å². The van der Waals surface area contributed by atoms with Crippen LogP contribution in [-0.4, -0.2) is 29.1 Å². The van der Waals surface area contributed by atoms with Gasteiger partial charge in [-0.25, -0.2) is 9.78 Å². The first-order chi connectivity index (χ1) is 14.1. The molecule has 1 amide bonds. The summed E-state index contributed by atoms with van der Waals surface area (Å²) in [5, 5.41) is 7.32. The van der Waals surface area contributed by atoms with E-state index in [1.54, 1.807) is 37.3 Å². The Morgan fingerprint density at radius 1 is 1.03 bits per heavy atom. The molecule has 0 radical (unpaired) electrons. The molecule has 0 spiro atoms. The minimum absolute atomic E-state index is 0.289. The van der Waals surface area contributed by atoms with E-state index in [-0.39, 0.29) is 11.6 Å². The lowest BCUT2D eigenvalue weighted by atomic mass is 10.0.